The van der Waals surface area contributed by atoms with Gasteiger partial charge in [0.25, 0.3) is 0 Å². The van der Waals surface area contributed by atoms with E-state index in [1.54, 1.807) is 7.11 Å². The van der Waals surface area contributed by atoms with Crippen molar-refractivity contribution in [1.29, 1.82) is 0 Å². The molecule has 1 atom stereocenters. The van der Waals surface area contributed by atoms with E-state index >= 15 is 0 Å². The summed E-state index contributed by atoms with van der Waals surface area (Å²) < 4.78 is 23.1. The number of hydrogen-bond donors (Lipinski definition) is 1. The van der Waals surface area contributed by atoms with Gasteiger partial charge in [0.05, 0.1) is 13.2 Å². The molecule has 3 aromatic rings. The van der Waals surface area contributed by atoms with E-state index in [0.29, 0.717) is 6.61 Å². The number of ether oxygens (including phenoxy) is 4. The molecule has 33 heavy (non-hydrogen) atoms. The molecule has 1 saturated heterocycles. The van der Waals surface area contributed by atoms with Gasteiger partial charge in [-0.1, -0.05) is 42.5 Å². The lowest BCUT2D eigenvalue weighted by molar-refractivity contribution is 0.173. The molecule has 0 aromatic heterocycles. The maximum absolute atomic E-state index is 6.10. The Bertz CT molecular complexity index is 1060. The summed E-state index contributed by atoms with van der Waals surface area (Å²) >= 11 is 0. The molecule has 0 amide bonds. The lowest BCUT2D eigenvalue weighted by atomic mass is 9.95. The molecule has 6 heteroatoms. The molecule has 0 saturated carbocycles. The molecule has 0 bridgehead atoms. The van der Waals surface area contributed by atoms with E-state index in [2.05, 4.69) is 46.6 Å². The number of hydrogen-bond acceptors (Lipinski definition) is 6. The van der Waals surface area contributed by atoms with Gasteiger partial charge in [-0.15, -0.1) is 0 Å². The molecule has 1 fully saturated rings. The van der Waals surface area contributed by atoms with Crippen molar-refractivity contribution in [2.75, 3.05) is 40.1 Å². The Hall–Kier alpha value is -3.22. The molecule has 6 nitrogen and oxygen atoms in total. The molecule has 3 aromatic carbocycles. The van der Waals surface area contributed by atoms with Crippen LogP contribution in [0.3, 0.4) is 0 Å². The van der Waals surface area contributed by atoms with Gasteiger partial charge in [-0.25, -0.2) is 0 Å². The van der Waals surface area contributed by atoms with Crippen molar-refractivity contribution in [2.24, 2.45) is 0 Å². The van der Waals surface area contributed by atoms with Crippen LogP contribution in [0, 0.1) is 0 Å². The van der Waals surface area contributed by atoms with Crippen LogP contribution in [-0.4, -0.2) is 45.0 Å². The van der Waals surface area contributed by atoms with Crippen LogP contribution >= 0.6 is 0 Å². The van der Waals surface area contributed by atoms with Gasteiger partial charge in [-0.2, -0.15) is 0 Å². The first-order chi connectivity index (χ1) is 16.3. The quantitative estimate of drug-likeness (QED) is 0.581. The molecule has 172 valence electrons. The van der Waals surface area contributed by atoms with Crippen molar-refractivity contribution in [3.8, 4) is 23.0 Å². The van der Waals surface area contributed by atoms with Gasteiger partial charge in [-0.05, 0) is 53.9 Å². The lowest BCUT2D eigenvalue weighted by Crippen LogP contribution is -2.33. The van der Waals surface area contributed by atoms with E-state index in [1.165, 1.54) is 11.1 Å². The number of rotatable bonds is 7. The number of fused-ring (bicyclic) bond motifs is 1. The smallest absolute Gasteiger partial charge is 0.231 e. The Morgan fingerprint density at radius 2 is 1.70 bits per heavy atom. The van der Waals surface area contributed by atoms with Crippen LogP contribution < -0.4 is 24.3 Å². The second-order valence-electron chi connectivity index (χ2n) is 8.34. The first-order valence-electron chi connectivity index (χ1n) is 11.5. The summed E-state index contributed by atoms with van der Waals surface area (Å²) in [5, 5.41) is 3.51. The average molecular weight is 447 g/mol. The monoisotopic (exact) mass is 446 g/mol. The number of benzene rings is 3. The Labute approximate surface area is 195 Å². The average Bonchev–Trinajstić information content (AvgIpc) is 3.17. The van der Waals surface area contributed by atoms with Crippen LogP contribution in [0.5, 0.6) is 23.0 Å². The highest BCUT2D eigenvalue weighted by atomic mass is 16.7. The van der Waals surface area contributed by atoms with E-state index < -0.39 is 0 Å². The Morgan fingerprint density at radius 3 is 2.58 bits per heavy atom. The van der Waals surface area contributed by atoms with Crippen LogP contribution in [0.1, 0.15) is 29.2 Å². The minimum Gasteiger partial charge on any atom is -0.493 e. The normalized spacial score (nSPS) is 16.8. The van der Waals surface area contributed by atoms with E-state index in [4.69, 9.17) is 18.9 Å². The molecule has 2 aliphatic heterocycles. The van der Waals surface area contributed by atoms with Gasteiger partial charge in [0.15, 0.2) is 23.0 Å². The largest absolute Gasteiger partial charge is 0.493 e. The van der Waals surface area contributed by atoms with Gasteiger partial charge < -0.3 is 24.3 Å². The summed E-state index contributed by atoms with van der Waals surface area (Å²) in [6.45, 7) is 4.77. The van der Waals surface area contributed by atoms with Crippen LogP contribution in [-0.2, 0) is 6.61 Å². The maximum atomic E-state index is 6.10. The fraction of sp³-hybridized carbons (Fsp3) is 0.333. The first kappa shape index (κ1) is 21.6. The van der Waals surface area contributed by atoms with Crippen molar-refractivity contribution in [3.05, 3.63) is 83.4 Å². The third kappa shape index (κ3) is 4.92. The van der Waals surface area contributed by atoms with Crippen LogP contribution in [0.15, 0.2) is 66.7 Å². The Morgan fingerprint density at radius 1 is 0.879 bits per heavy atom. The summed E-state index contributed by atoms with van der Waals surface area (Å²) in [5.41, 5.74) is 3.47. The first-order valence-corrected chi connectivity index (χ1v) is 11.5. The van der Waals surface area contributed by atoms with Crippen LogP contribution in [0.25, 0.3) is 0 Å². The van der Waals surface area contributed by atoms with Gasteiger partial charge >= 0.3 is 0 Å². The molecule has 1 unspecified atom stereocenters. The number of nitrogens with one attached hydrogen (secondary N) is 1. The summed E-state index contributed by atoms with van der Waals surface area (Å²) in [4.78, 5) is 2.52. The van der Waals surface area contributed by atoms with E-state index in [9.17, 15) is 0 Å². The lowest BCUT2D eigenvalue weighted by Gasteiger charge is -2.32. The zero-order valence-corrected chi connectivity index (χ0v) is 19.0. The zero-order valence-electron chi connectivity index (χ0n) is 19.0. The van der Waals surface area contributed by atoms with E-state index in [-0.39, 0.29) is 12.8 Å². The van der Waals surface area contributed by atoms with Crippen molar-refractivity contribution in [2.45, 2.75) is 19.1 Å². The molecule has 0 aliphatic carbocycles. The van der Waals surface area contributed by atoms with Gasteiger partial charge in [-0.3, -0.25) is 4.90 Å². The molecular formula is C27H30N2O4. The minimum absolute atomic E-state index is 0.0801. The molecule has 0 radical (unpaired) electrons. The molecule has 2 aliphatic rings. The summed E-state index contributed by atoms with van der Waals surface area (Å²) in [6, 6.07) is 22.8. The van der Waals surface area contributed by atoms with E-state index in [0.717, 1.165) is 61.2 Å². The molecular weight excluding hydrogens is 416 g/mol. The summed E-state index contributed by atoms with van der Waals surface area (Å²) in [7, 11) is 1.69. The van der Waals surface area contributed by atoms with Crippen LogP contribution in [0.2, 0.25) is 0 Å². The van der Waals surface area contributed by atoms with Crippen molar-refractivity contribution >= 4 is 0 Å². The number of methoxy groups -OCH3 is 1. The minimum atomic E-state index is 0.0801. The summed E-state index contributed by atoms with van der Waals surface area (Å²) in [5.74, 6) is 3.09. The second kappa shape index (κ2) is 10.1. The molecule has 1 N–H and O–H groups in total. The topological polar surface area (TPSA) is 52.2 Å². The molecule has 5 rings (SSSR count). The highest BCUT2D eigenvalue weighted by Crippen LogP contribution is 2.40. The molecule has 0 spiro atoms. The summed E-state index contributed by atoms with van der Waals surface area (Å²) in [6.07, 6.45) is 1.11. The predicted molar refractivity (Wildman–Crippen MR) is 127 cm³/mol. The predicted octanol–water partition coefficient (Wildman–Crippen LogP) is 4.39. The van der Waals surface area contributed by atoms with Gasteiger partial charge in [0.1, 0.15) is 6.61 Å². The zero-order chi connectivity index (χ0) is 22.5. The van der Waals surface area contributed by atoms with Crippen molar-refractivity contribution in [1.82, 2.24) is 10.2 Å². The standard InChI is InChI=1S/C27H30N2O4/c1-30-25-16-21(8-10-23(25)31-18-20-6-3-2-4-7-20)27(29-14-5-12-28-13-15-29)22-9-11-24-26(17-22)33-19-32-24/h2-4,6-11,16-17,27-28H,5,12-15,18-19H2,1H3. The third-order valence-electron chi connectivity index (χ3n) is 6.19. The van der Waals surface area contributed by atoms with Gasteiger partial charge in [0, 0.05) is 19.6 Å². The number of nitrogens with zero attached hydrogens (tertiary/aromatic N) is 1. The fourth-order valence-corrected chi connectivity index (χ4v) is 4.53. The van der Waals surface area contributed by atoms with Crippen molar-refractivity contribution in [3.63, 3.8) is 0 Å². The Kier molecular flexibility index (Phi) is 6.65. The van der Waals surface area contributed by atoms with Gasteiger partial charge in [0.2, 0.25) is 6.79 Å². The highest BCUT2D eigenvalue weighted by molar-refractivity contribution is 5.50. The van der Waals surface area contributed by atoms with E-state index in [1.807, 2.05) is 30.3 Å². The molecule has 2 heterocycles. The van der Waals surface area contributed by atoms with Crippen LogP contribution in [0.4, 0.5) is 0 Å². The SMILES string of the molecule is COc1cc(C(c2ccc3c(c2)OCO3)N2CCCNCC2)ccc1OCc1ccccc1. The highest BCUT2D eigenvalue weighted by Gasteiger charge is 2.26. The Balaban J connectivity index is 1.46. The van der Waals surface area contributed by atoms with Crippen molar-refractivity contribution < 1.29 is 18.9 Å². The maximum Gasteiger partial charge on any atom is 0.231 e. The second-order valence-corrected chi connectivity index (χ2v) is 8.34. The fourth-order valence-electron chi connectivity index (χ4n) is 4.53. The third-order valence-corrected chi connectivity index (χ3v) is 6.19.